The Labute approximate surface area is 61.0 Å². The maximum absolute atomic E-state index is 11.2. The van der Waals surface area contributed by atoms with Gasteiger partial charge in [-0.15, -0.1) is 0 Å². The predicted octanol–water partition coefficient (Wildman–Crippen LogP) is 0.718. The molecule has 0 amide bonds. The highest BCUT2D eigenvalue weighted by molar-refractivity contribution is 5.82. The zero-order chi connectivity index (χ0) is 6.97. The highest BCUT2D eigenvalue weighted by Crippen LogP contribution is 2.26. The fourth-order valence-corrected chi connectivity index (χ4v) is 2.04. The van der Waals surface area contributed by atoms with Gasteiger partial charge in [0.05, 0.1) is 0 Å². The van der Waals surface area contributed by atoms with Crippen LogP contribution < -0.4 is 5.32 Å². The minimum Gasteiger partial charge on any atom is -0.314 e. The number of fused-ring (bicyclic) bond motifs is 2. The first-order valence-corrected chi connectivity index (χ1v) is 4.12. The summed E-state index contributed by atoms with van der Waals surface area (Å²) in [5, 5.41) is 3.42. The Kier molecular flexibility index (Phi) is 1.49. The maximum Gasteiger partial charge on any atom is 0.136 e. The molecule has 0 spiro atoms. The molecule has 0 aromatic rings. The van der Waals surface area contributed by atoms with E-state index in [9.17, 15) is 4.79 Å². The van der Waals surface area contributed by atoms with Crippen molar-refractivity contribution in [1.29, 1.82) is 0 Å². The minimum atomic E-state index is 0.417. The van der Waals surface area contributed by atoms with Crippen LogP contribution in [0.15, 0.2) is 0 Å². The molecule has 2 bridgehead atoms. The molecule has 1 N–H and O–H groups in total. The summed E-state index contributed by atoms with van der Waals surface area (Å²) in [5.74, 6) is 0.928. The lowest BCUT2D eigenvalue weighted by molar-refractivity contribution is -0.126. The van der Waals surface area contributed by atoms with Crippen LogP contribution in [-0.2, 0) is 4.79 Å². The molecule has 2 heteroatoms. The monoisotopic (exact) mass is 139 g/mol. The van der Waals surface area contributed by atoms with E-state index in [0.29, 0.717) is 17.7 Å². The Balaban J connectivity index is 2.07. The first kappa shape index (κ1) is 6.35. The van der Waals surface area contributed by atoms with E-state index >= 15 is 0 Å². The molecule has 1 heterocycles. The standard InChI is InChI=1S/C8H13NO/c10-8-2-1-7-5-6(8)3-4-9-7/h6-7,9H,1-5H2. The zero-order valence-corrected chi connectivity index (χ0v) is 6.10. The summed E-state index contributed by atoms with van der Waals surface area (Å²) in [7, 11) is 0. The van der Waals surface area contributed by atoms with Crippen molar-refractivity contribution in [3.63, 3.8) is 0 Å². The lowest BCUT2D eigenvalue weighted by Crippen LogP contribution is -2.44. The van der Waals surface area contributed by atoms with E-state index in [4.69, 9.17) is 0 Å². The molecule has 2 fully saturated rings. The zero-order valence-electron chi connectivity index (χ0n) is 6.10. The normalized spacial score (nSPS) is 39.8. The third-order valence-corrected chi connectivity index (χ3v) is 2.69. The average Bonchev–Trinajstić information content (AvgIpc) is 1.99. The predicted molar refractivity (Wildman–Crippen MR) is 38.8 cm³/mol. The summed E-state index contributed by atoms with van der Waals surface area (Å²) in [6.07, 6.45) is 4.09. The van der Waals surface area contributed by atoms with Gasteiger partial charge in [0.1, 0.15) is 5.78 Å². The fourth-order valence-electron chi connectivity index (χ4n) is 2.04. The smallest absolute Gasteiger partial charge is 0.136 e. The molecule has 1 aliphatic carbocycles. The summed E-state index contributed by atoms with van der Waals surface area (Å²) in [6, 6.07) is 0.663. The van der Waals surface area contributed by atoms with E-state index in [1.54, 1.807) is 0 Å². The second kappa shape index (κ2) is 2.35. The van der Waals surface area contributed by atoms with Gasteiger partial charge in [-0.2, -0.15) is 0 Å². The Morgan fingerprint density at radius 1 is 1.40 bits per heavy atom. The van der Waals surface area contributed by atoms with Gasteiger partial charge in [0, 0.05) is 18.4 Å². The van der Waals surface area contributed by atoms with Gasteiger partial charge in [-0.3, -0.25) is 4.79 Å². The number of hydrogen-bond acceptors (Lipinski definition) is 2. The summed E-state index contributed by atoms with van der Waals surface area (Å²) in [6.45, 7) is 1.06. The molecule has 1 saturated heterocycles. The molecule has 0 radical (unpaired) electrons. The molecular formula is C8H13NO. The van der Waals surface area contributed by atoms with Gasteiger partial charge < -0.3 is 5.32 Å². The largest absolute Gasteiger partial charge is 0.314 e. The van der Waals surface area contributed by atoms with Crippen LogP contribution in [0.5, 0.6) is 0 Å². The number of ketones is 1. The number of carbonyl (C=O) groups is 1. The molecule has 1 saturated carbocycles. The lowest BCUT2D eigenvalue weighted by atomic mass is 9.80. The van der Waals surface area contributed by atoms with E-state index in [0.717, 1.165) is 32.2 Å². The van der Waals surface area contributed by atoms with Crippen LogP contribution >= 0.6 is 0 Å². The van der Waals surface area contributed by atoms with Crippen molar-refractivity contribution in [3.05, 3.63) is 0 Å². The molecule has 2 unspecified atom stereocenters. The van der Waals surface area contributed by atoms with Crippen molar-refractivity contribution in [1.82, 2.24) is 5.32 Å². The number of Topliss-reactive ketones (excluding diaryl/α,β-unsaturated/α-hetero) is 1. The van der Waals surface area contributed by atoms with Gasteiger partial charge >= 0.3 is 0 Å². The number of nitrogens with one attached hydrogen (secondary N) is 1. The highest BCUT2D eigenvalue weighted by Gasteiger charge is 2.31. The quantitative estimate of drug-likeness (QED) is 0.535. The van der Waals surface area contributed by atoms with Crippen LogP contribution in [0.4, 0.5) is 0 Å². The van der Waals surface area contributed by atoms with Crippen molar-refractivity contribution in [2.75, 3.05) is 6.54 Å². The molecule has 0 aromatic heterocycles. The number of carbonyl (C=O) groups excluding carboxylic acids is 1. The Morgan fingerprint density at radius 2 is 2.30 bits per heavy atom. The summed E-state index contributed by atoms with van der Waals surface area (Å²) in [5.41, 5.74) is 0. The van der Waals surface area contributed by atoms with Crippen molar-refractivity contribution in [3.8, 4) is 0 Å². The van der Waals surface area contributed by atoms with Crippen LogP contribution in [0.3, 0.4) is 0 Å². The van der Waals surface area contributed by atoms with Crippen molar-refractivity contribution >= 4 is 5.78 Å². The maximum atomic E-state index is 11.2. The summed E-state index contributed by atoms with van der Waals surface area (Å²) >= 11 is 0. The molecule has 2 nitrogen and oxygen atoms in total. The van der Waals surface area contributed by atoms with Crippen LogP contribution in [-0.4, -0.2) is 18.4 Å². The molecule has 10 heavy (non-hydrogen) atoms. The molecule has 56 valence electrons. The fraction of sp³-hybridized carbons (Fsp3) is 0.875. The lowest BCUT2D eigenvalue weighted by Gasteiger charge is -2.33. The van der Waals surface area contributed by atoms with Crippen LogP contribution in [0, 0.1) is 5.92 Å². The van der Waals surface area contributed by atoms with E-state index in [2.05, 4.69) is 5.32 Å². The minimum absolute atomic E-state index is 0.417. The van der Waals surface area contributed by atoms with Crippen molar-refractivity contribution in [2.45, 2.75) is 31.7 Å². The Morgan fingerprint density at radius 3 is 3.10 bits per heavy atom. The average molecular weight is 139 g/mol. The molecule has 1 aliphatic heterocycles. The SMILES string of the molecule is O=C1CCC2CC1CCN2. The highest BCUT2D eigenvalue weighted by atomic mass is 16.1. The number of rotatable bonds is 0. The molecule has 2 atom stereocenters. The van der Waals surface area contributed by atoms with Gasteiger partial charge in [-0.05, 0) is 25.8 Å². The van der Waals surface area contributed by atoms with Gasteiger partial charge in [0.25, 0.3) is 0 Å². The van der Waals surface area contributed by atoms with Crippen LogP contribution in [0.1, 0.15) is 25.7 Å². The third kappa shape index (κ3) is 0.966. The topological polar surface area (TPSA) is 29.1 Å². The van der Waals surface area contributed by atoms with E-state index in [-0.39, 0.29) is 0 Å². The third-order valence-electron chi connectivity index (χ3n) is 2.69. The van der Waals surface area contributed by atoms with E-state index in [1.807, 2.05) is 0 Å². The molecule has 2 rings (SSSR count). The Bertz CT molecular complexity index is 155. The Hall–Kier alpha value is -0.370. The summed E-state index contributed by atoms with van der Waals surface area (Å²) < 4.78 is 0. The first-order valence-electron chi connectivity index (χ1n) is 4.12. The van der Waals surface area contributed by atoms with Gasteiger partial charge in [0.15, 0.2) is 0 Å². The van der Waals surface area contributed by atoms with Gasteiger partial charge in [-0.1, -0.05) is 0 Å². The van der Waals surface area contributed by atoms with Crippen molar-refractivity contribution < 1.29 is 4.79 Å². The van der Waals surface area contributed by atoms with Gasteiger partial charge in [-0.25, -0.2) is 0 Å². The number of piperidine rings is 1. The summed E-state index contributed by atoms with van der Waals surface area (Å²) in [4.78, 5) is 11.2. The van der Waals surface area contributed by atoms with E-state index < -0.39 is 0 Å². The molecular weight excluding hydrogens is 126 g/mol. The number of hydrogen-bond donors (Lipinski definition) is 1. The van der Waals surface area contributed by atoms with Crippen LogP contribution in [0.2, 0.25) is 0 Å². The van der Waals surface area contributed by atoms with Gasteiger partial charge in [0.2, 0.25) is 0 Å². The molecule has 0 aromatic carbocycles. The van der Waals surface area contributed by atoms with Crippen molar-refractivity contribution in [2.24, 2.45) is 5.92 Å². The molecule has 2 aliphatic rings. The second-order valence-corrected chi connectivity index (χ2v) is 3.38. The van der Waals surface area contributed by atoms with E-state index in [1.165, 1.54) is 0 Å². The second-order valence-electron chi connectivity index (χ2n) is 3.38. The first-order chi connectivity index (χ1) is 4.86. The van der Waals surface area contributed by atoms with Crippen LogP contribution in [0.25, 0.3) is 0 Å².